The summed E-state index contributed by atoms with van der Waals surface area (Å²) in [5, 5.41) is 0. The Morgan fingerprint density at radius 1 is 0.739 bits per heavy atom. The maximum atomic E-state index is 2.34. The van der Waals surface area contributed by atoms with E-state index in [9.17, 15) is 0 Å². The Bertz CT molecular complexity index is 401. The number of aryl methyl sites for hydroxylation is 1. The van der Waals surface area contributed by atoms with Crippen LogP contribution >= 0.6 is 0 Å². The molecule has 0 aliphatic heterocycles. The van der Waals surface area contributed by atoms with Crippen LogP contribution in [0.25, 0.3) is 0 Å². The van der Waals surface area contributed by atoms with E-state index >= 15 is 0 Å². The first-order chi connectivity index (χ1) is 10.6. The second kappa shape index (κ2) is 12.8. The van der Waals surface area contributed by atoms with Crippen LogP contribution in [0.5, 0.6) is 0 Å². The van der Waals surface area contributed by atoms with Crippen LogP contribution in [0.1, 0.15) is 76.7 Å². The number of quaternary nitrogens is 1. The van der Waals surface area contributed by atoms with Crippen LogP contribution in [0.4, 0.5) is 5.69 Å². The van der Waals surface area contributed by atoms with Gasteiger partial charge in [0.2, 0.25) is 0 Å². The first-order valence-corrected chi connectivity index (χ1v) is 9.47. The molecule has 0 aliphatic rings. The molecule has 0 fully saturated rings. The molecule has 1 aromatic rings. The zero-order valence-corrected chi connectivity index (χ0v) is 16.7. The molecule has 0 saturated heterocycles. The SMILES string of the molecule is CCCCCCCCCCCC[N+](C)(C)c1ccccc1C.[Cl-]. The van der Waals surface area contributed by atoms with Crippen molar-refractivity contribution in [3.8, 4) is 0 Å². The molecule has 1 nitrogen and oxygen atoms in total. The largest absolute Gasteiger partial charge is 1.00 e. The quantitative estimate of drug-likeness (QED) is 0.404. The van der Waals surface area contributed by atoms with Crippen LogP contribution < -0.4 is 16.9 Å². The minimum atomic E-state index is 0. The van der Waals surface area contributed by atoms with Gasteiger partial charge in [0, 0.05) is 5.56 Å². The molecule has 0 unspecified atom stereocenters. The fourth-order valence-corrected chi connectivity index (χ4v) is 3.36. The van der Waals surface area contributed by atoms with Crippen molar-refractivity contribution in [3.63, 3.8) is 0 Å². The summed E-state index contributed by atoms with van der Waals surface area (Å²) in [4.78, 5) is 0. The standard InChI is InChI=1S/C21H38N.ClH/c1-5-6-7-8-9-10-11-12-13-16-19-22(3,4)21-18-15-14-17-20(21)2;/h14-15,17-18H,5-13,16,19H2,1-4H3;1H/q+1;/p-1. The zero-order chi connectivity index (χ0) is 16.3. The van der Waals surface area contributed by atoms with Gasteiger partial charge in [-0.3, -0.25) is 4.48 Å². The molecule has 1 rings (SSSR count). The van der Waals surface area contributed by atoms with Gasteiger partial charge in [0.05, 0.1) is 20.6 Å². The number of para-hydroxylation sites is 1. The second-order valence-electron chi connectivity index (χ2n) is 7.38. The van der Waals surface area contributed by atoms with Crippen molar-refractivity contribution in [2.45, 2.75) is 78.1 Å². The van der Waals surface area contributed by atoms with Crippen molar-refractivity contribution >= 4 is 5.69 Å². The molecule has 0 aliphatic carbocycles. The molecular formula is C21H38ClN. The van der Waals surface area contributed by atoms with Gasteiger partial charge in [0.25, 0.3) is 0 Å². The number of nitrogens with zero attached hydrogens (tertiary/aromatic N) is 1. The van der Waals surface area contributed by atoms with Crippen LogP contribution in [0.15, 0.2) is 24.3 Å². The molecule has 0 atom stereocenters. The molecule has 0 bridgehead atoms. The summed E-state index contributed by atoms with van der Waals surface area (Å²) in [6.45, 7) is 5.77. The van der Waals surface area contributed by atoms with E-state index in [1.807, 2.05) is 0 Å². The van der Waals surface area contributed by atoms with Crippen molar-refractivity contribution in [1.29, 1.82) is 0 Å². The lowest BCUT2D eigenvalue weighted by Gasteiger charge is -2.30. The molecular weight excluding hydrogens is 302 g/mol. The van der Waals surface area contributed by atoms with E-state index in [4.69, 9.17) is 0 Å². The maximum Gasteiger partial charge on any atom is 0.135 e. The van der Waals surface area contributed by atoms with Crippen LogP contribution in [-0.2, 0) is 0 Å². The Hall–Kier alpha value is -0.530. The van der Waals surface area contributed by atoms with Crippen LogP contribution in [0, 0.1) is 6.92 Å². The molecule has 0 N–H and O–H groups in total. The molecule has 23 heavy (non-hydrogen) atoms. The third-order valence-electron chi connectivity index (χ3n) is 4.84. The van der Waals surface area contributed by atoms with Crippen LogP contribution in [0.3, 0.4) is 0 Å². The van der Waals surface area contributed by atoms with E-state index in [1.165, 1.54) is 82.0 Å². The maximum absolute atomic E-state index is 2.34. The van der Waals surface area contributed by atoms with Gasteiger partial charge < -0.3 is 12.4 Å². The number of hydrogen-bond donors (Lipinski definition) is 0. The summed E-state index contributed by atoms with van der Waals surface area (Å²) in [7, 11) is 4.69. The molecule has 134 valence electrons. The number of hydrogen-bond acceptors (Lipinski definition) is 0. The lowest BCUT2D eigenvalue weighted by Crippen LogP contribution is -3.00. The van der Waals surface area contributed by atoms with Gasteiger partial charge in [-0.1, -0.05) is 76.5 Å². The highest BCUT2D eigenvalue weighted by molar-refractivity contribution is 5.48. The van der Waals surface area contributed by atoms with E-state index in [2.05, 4.69) is 52.2 Å². The summed E-state index contributed by atoms with van der Waals surface area (Å²) < 4.78 is 1.02. The molecule has 0 aromatic heterocycles. The van der Waals surface area contributed by atoms with E-state index < -0.39 is 0 Å². The molecule has 0 saturated carbocycles. The average molecular weight is 340 g/mol. The zero-order valence-electron chi connectivity index (χ0n) is 15.9. The second-order valence-corrected chi connectivity index (χ2v) is 7.38. The van der Waals surface area contributed by atoms with Crippen LogP contribution in [-0.4, -0.2) is 20.6 Å². The van der Waals surface area contributed by atoms with Gasteiger partial charge in [0.1, 0.15) is 5.69 Å². The Labute approximate surface area is 151 Å². The predicted molar refractivity (Wildman–Crippen MR) is 102 cm³/mol. The van der Waals surface area contributed by atoms with Gasteiger partial charge in [-0.25, -0.2) is 0 Å². The predicted octanol–water partition coefficient (Wildman–Crippen LogP) is 3.49. The Morgan fingerprint density at radius 3 is 1.74 bits per heavy atom. The fraction of sp³-hybridized carbons (Fsp3) is 0.714. The van der Waals surface area contributed by atoms with Crippen molar-refractivity contribution in [2.24, 2.45) is 0 Å². The van der Waals surface area contributed by atoms with E-state index in [1.54, 1.807) is 0 Å². The van der Waals surface area contributed by atoms with Crippen molar-refractivity contribution in [3.05, 3.63) is 29.8 Å². The topological polar surface area (TPSA) is 0 Å². The van der Waals surface area contributed by atoms with E-state index in [0.29, 0.717) is 0 Å². The minimum Gasteiger partial charge on any atom is -1.00 e. The van der Waals surface area contributed by atoms with Gasteiger partial charge in [-0.15, -0.1) is 0 Å². The fourth-order valence-electron chi connectivity index (χ4n) is 3.36. The van der Waals surface area contributed by atoms with E-state index in [0.717, 1.165) is 4.48 Å². The van der Waals surface area contributed by atoms with Crippen molar-refractivity contribution in [1.82, 2.24) is 4.48 Å². The average Bonchev–Trinajstić information content (AvgIpc) is 2.49. The lowest BCUT2D eigenvalue weighted by atomic mass is 10.1. The highest BCUT2D eigenvalue weighted by atomic mass is 35.5. The van der Waals surface area contributed by atoms with Gasteiger partial charge in [-0.05, 0) is 25.8 Å². The Balaban J connectivity index is 0.00000484. The molecule has 2 heteroatoms. The molecule has 0 heterocycles. The first kappa shape index (κ1) is 22.5. The number of unbranched alkanes of at least 4 members (excludes halogenated alkanes) is 9. The molecule has 0 radical (unpaired) electrons. The highest BCUT2D eigenvalue weighted by Gasteiger charge is 2.19. The van der Waals surface area contributed by atoms with Gasteiger partial charge in [0.15, 0.2) is 0 Å². The summed E-state index contributed by atoms with van der Waals surface area (Å²) in [5.41, 5.74) is 2.89. The molecule has 0 amide bonds. The monoisotopic (exact) mass is 339 g/mol. The van der Waals surface area contributed by atoms with E-state index in [-0.39, 0.29) is 12.4 Å². The summed E-state index contributed by atoms with van der Waals surface area (Å²) >= 11 is 0. The first-order valence-electron chi connectivity index (χ1n) is 9.47. The third kappa shape index (κ3) is 9.37. The number of benzene rings is 1. The normalized spacial score (nSPS) is 11.3. The Morgan fingerprint density at radius 2 is 1.22 bits per heavy atom. The van der Waals surface area contributed by atoms with Crippen molar-refractivity contribution < 1.29 is 12.4 Å². The molecule has 0 spiro atoms. The van der Waals surface area contributed by atoms with Crippen molar-refractivity contribution in [2.75, 3.05) is 20.6 Å². The minimum absolute atomic E-state index is 0. The van der Waals surface area contributed by atoms with Gasteiger partial charge in [-0.2, -0.15) is 0 Å². The third-order valence-corrected chi connectivity index (χ3v) is 4.84. The van der Waals surface area contributed by atoms with Gasteiger partial charge >= 0.3 is 0 Å². The summed E-state index contributed by atoms with van der Waals surface area (Å²) in [6, 6.07) is 8.82. The van der Waals surface area contributed by atoms with Crippen LogP contribution in [0.2, 0.25) is 0 Å². The summed E-state index contributed by atoms with van der Waals surface area (Å²) in [5.74, 6) is 0. The highest BCUT2D eigenvalue weighted by Crippen LogP contribution is 2.24. The Kier molecular flexibility index (Phi) is 12.5. The molecule has 1 aromatic carbocycles. The lowest BCUT2D eigenvalue weighted by molar-refractivity contribution is -0.00000503. The number of halogens is 1. The smallest absolute Gasteiger partial charge is 0.135 e. The number of rotatable bonds is 12. The summed E-state index contributed by atoms with van der Waals surface area (Å²) in [6.07, 6.45) is 14.2.